The molecule has 1 aromatic heterocycles. The molecule has 3 aromatic rings. The SMILES string of the molecule is O=C(CCc1ccsc1)NNC(=O)COc1ccccc1Cc1ccccc1. The molecule has 1 heterocycles. The Balaban J connectivity index is 1.43. The van der Waals surface area contributed by atoms with Gasteiger partial charge in [-0.3, -0.25) is 20.4 Å². The summed E-state index contributed by atoms with van der Waals surface area (Å²) in [7, 11) is 0. The fraction of sp³-hybridized carbons (Fsp3) is 0.182. The van der Waals surface area contributed by atoms with Gasteiger partial charge in [0.25, 0.3) is 5.91 Å². The zero-order chi connectivity index (χ0) is 19.6. The van der Waals surface area contributed by atoms with Crippen LogP contribution in [-0.4, -0.2) is 18.4 Å². The molecule has 6 heteroatoms. The number of ether oxygens (including phenoxy) is 1. The number of aryl methyl sites for hydroxylation is 1. The standard InChI is InChI=1S/C22H22N2O3S/c25-21(11-10-18-12-13-28-16-18)23-24-22(26)15-27-20-9-5-4-8-19(20)14-17-6-2-1-3-7-17/h1-9,12-13,16H,10-11,14-15H2,(H,23,25)(H,24,26). The number of carbonyl (C=O) groups excluding carboxylic acids is 2. The Morgan fingerprint density at radius 2 is 1.61 bits per heavy atom. The van der Waals surface area contributed by atoms with Gasteiger partial charge in [-0.05, 0) is 46.0 Å². The van der Waals surface area contributed by atoms with E-state index in [9.17, 15) is 9.59 Å². The van der Waals surface area contributed by atoms with Gasteiger partial charge in [-0.15, -0.1) is 0 Å². The summed E-state index contributed by atoms with van der Waals surface area (Å²) < 4.78 is 5.66. The van der Waals surface area contributed by atoms with Crippen molar-refractivity contribution in [2.24, 2.45) is 0 Å². The highest BCUT2D eigenvalue weighted by Gasteiger charge is 2.09. The second kappa shape index (κ2) is 10.3. The van der Waals surface area contributed by atoms with E-state index in [0.717, 1.165) is 17.5 Å². The van der Waals surface area contributed by atoms with Crippen molar-refractivity contribution >= 4 is 23.2 Å². The molecule has 2 amide bonds. The van der Waals surface area contributed by atoms with Crippen molar-refractivity contribution in [3.8, 4) is 5.75 Å². The van der Waals surface area contributed by atoms with Gasteiger partial charge in [-0.2, -0.15) is 11.3 Å². The molecule has 0 aliphatic carbocycles. The molecule has 144 valence electrons. The maximum absolute atomic E-state index is 12.0. The number of para-hydroxylation sites is 1. The highest BCUT2D eigenvalue weighted by Crippen LogP contribution is 2.21. The maximum Gasteiger partial charge on any atom is 0.276 e. The minimum Gasteiger partial charge on any atom is -0.483 e. The maximum atomic E-state index is 12.0. The summed E-state index contributed by atoms with van der Waals surface area (Å²) >= 11 is 1.60. The Hall–Kier alpha value is -3.12. The van der Waals surface area contributed by atoms with Crippen LogP contribution in [0.15, 0.2) is 71.4 Å². The Morgan fingerprint density at radius 1 is 0.857 bits per heavy atom. The summed E-state index contributed by atoms with van der Waals surface area (Å²) in [5, 5.41) is 3.98. The van der Waals surface area contributed by atoms with Crippen molar-refractivity contribution in [2.45, 2.75) is 19.3 Å². The fourth-order valence-electron chi connectivity index (χ4n) is 2.68. The molecule has 28 heavy (non-hydrogen) atoms. The first-order valence-corrected chi connectivity index (χ1v) is 9.98. The molecule has 0 spiro atoms. The van der Waals surface area contributed by atoms with Crippen LogP contribution in [0.3, 0.4) is 0 Å². The second-order valence-electron chi connectivity index (χ2n) is 6.29. The van der Waals surface area contributed by atoms with Crippen molar-refractivity contribution in [2.75, 3.05) is 6.61 Å². The molecule has 2 N–H and O–H groups in total. The van der Waals surface area contributed by atoms with Gasteiger partial charge in [-0.1, -0.05) is 48.5 Å². The number of hydrazine groups is 1. The van der Waals surface area contributed by atoms with Crippen LogP contribution in [0.5, 0.6) is 5.75 Å². The van der Waals surface area contributed by atoms with E-state index in [1.165, 1.54) is 5.56 Å². The number of thiophene rings is 1. The average molecular weight is 394 g/mol. The predicted octanol–water partition coefficient (Wildman–Crippen LogP) is 3.50. The minimum atomic E-state index is -0.404. The van der Waals surface area contributed by atoms with E-state index < -0.39 is 5.91 Å². The summed E-state index contributed by atoms with van der Waals surface area (Å²) in [5.41, 5.74) is 8.10. The van der Waals surface area contributed by atoms with Crippen LogP contribution in [0.1, 0.15) is 23.1 Å². The highest BCUT2D eigenvalue weighted by atomic mass is 32.1. The molecule has 0 aliphatic heterocycles. The fourth-order valence-corrected chi connectivity index (χ4v) is 3.38. The Labute approximate surface area is 168 Å². The number of hydrogen-bond donors (Lipinski definition) is 2. The lowest BCUT2D eigenvalue weighted by Gasteiger charge is -2.12. The van der Waals surface area contributed by atoms with Gasteiger partial charge >= 0.3 is 0 Å². The number of rotatable bonds is 8. The van der Waals surface area contributed by atoms with Gasteiger partial charge in [0, 0.05) is 12.8 Å². The summed E-state index contributed by atoms with van der Waals surface area (Å²) in [5.74, 6) is 0.0210. The quantitative estimate of drug-likeness (QED) is 0.575. The van der Waals surface area contributed by atoms with E-state index in [0.29, 0.717) is 18.6 Å². The van der Waals surface area contributed by atoms with Crippen LogP contribution < -0.4 is 15.6 Å². The molecular weight excluding hydrogens is 372 g/mol. The number of amides is 2. The first-order chi connectivity index (χ1) is 13.7. The molecule has 0 atom stereocenters. The topological polar surface area (TPSA) is 67.4 Å². The van der Waals surface area contributed by atoms with Crippen LogP contribution in [0.4, 0.5) is 0 Å². The third-order valence-electron chi connectivity index (χ3n) is 4.13. The second-order valence-corrected chi connectivity index (χ2v) is 7.07. The smallest absolute Gasteiger partial charge is 0.276 e. The normalized spacial score (nSPS) is 10.3. The van der Waals surface area contributed by atoms with Gasteiger partial charge in [0.05, 0.1) is 0 Å². The van der Waals surface area contributed by atoms with Crippen LogP contribution in [-0.2, 0) is 22.4 Å². The van der Waals surface area contributed by atoms with Crippen LogP contribution in [0.2, 0.25) is 0 Å². The lowest BCUT2D eigenvalue weighted by atomic mass is 10.0. The predicted molar refractivity (Wildman–Crippen MR) is 110 cm³/mol. The molecule has 0 bridgehead atoms. The first kappa shape index (κ1) is 19.6. The van der Waals surface area contributed by atoms with E-state index in [1.54, 1.807) is 11.3 Å². The van der Waals surface area contributed by atoms with Crippen LogP contribution in [0.25, 0.3) is 0 Å². The van der Waals surface area contributed by atoms with E-state index in [-0.39, 0.29) is 12.5 Å². The molecule has 0 aliphatic rings. The molecule has 5 nitrogen and oxygen atoms in total. The largest absolute Gasteiger partial charge is 0.483 e. The molecule has 2 aromatic carbocycles. The summed E-state index contributed by atoms with van der Waals surface area (Å²) in [6.45, 7) is -0.170. The summed E-state index contributed by atoms with van der Waals surface area (Å²) in [6.07, 6.45) is 1.68. The Morgan fingerprint density at radius 3 is 2.39 bits per heavy atom. The monoisotopic (exact) mass is 394 g/mol. The van der Waals surface area contributed by atoms with Gasteiger partial charge < -0.3 is 4.74 Å². The van der Waals surface area contributed by atoms with Crippen molar-refractivity contribution in [3.63, 3.8) is 0 Å². The van der Waals surface area contributed by atoms with Gasteiger partial charge in [-0.25, -0.2) is 0 Å². The third-order valence-corrected chi connectivity index (χ3v) is 4.86. The first-order valence-electron chi connectivity index (χ1n) is 9.04. The average Bonchev–Trinajstić information content (AvgIpc) is 3.24. The lowest BCUT2D eigenvalue weighted by Crippen LogP contribution is -2.43. The Bertz CT molecular complexity index is 895. The van der Waals surface area contributed by atoms with E-state index in [1.807, 2.05) is 59.3 Å². The van der Waals surface area contributed by atoms with E-state index in [2.05, 4.69) is 23.0 Å². The molecule has 3 rings (SSSR count). The van der Waals surface area contributed by atoms with Gasteiger partial charge in [0.2, 0.25) is 5.91 Å². The van der Waals surface area contributed by atoms with Crippen molar-refractivity contribution < 1.29 is 14.3 Å². The van der Waals surface area contributed by atoms with Crippen LogP contribution >= 0.6 is 11.3 Å². The zero-order valence-electron chi connectivity index (χ0n) is 15.4. The Kier molecular flexibility index (Phi) is 7.21. The molecular formula is C22H22N2O3S. The highest BCUT2D eigenvalue weighted by molar-refractivity contribution is 7.07. The van der Waals surface area contributed by atoms with Gasteiger partial charge in [0.1, 0.15) is 5.75 Å². The number of hydrogen-bond acceptors (Lipinski definition) is 4. The molecule has 0 unspecified atom stereocenters. The molecule has 0 saturated carbocycles. The number of benzene rings is 2. The number of nitrogens with one attached hydrogen (secondary N) is 2. The summed E-state index contributed by atoms with van der Waals surface area (Å²) in [4.78, 5) is 23.8. The van der Waals surface area contributed by atoms with Crippen molar-refractivity contribution in [1.29, 1.82) is 0 Å². The van der Waals surface area contributed by atoms with Crippen LogP contribution in [0, 0.1) is 0 Å². The zero-order valence-corrected chi connectivity index (χ0v) is 16.2. The van der Waals surface area contributed by atoms with Gasteiger partial charge in [0.15, 0.2) is 6.61 Å². The van der Waals surface area contributed by atoms with E-state index in [4.69, 9.17) is 4.74 Å². The van der Waals surface area contributed by atoms with Crippen molar-refractivity contribution in [3.05, 3.63) is 88.1 Å². The minimum absolute atomic E-state index is 0.170. The van der Waals surface area contributed by atoms with E-state index >= 15 is 0 Å². The summed E-state index contributed by atoms with van der Waals surface area (Å²) in [6, 6.07) is 19.7. The molecule has 0 saturated heterocycles. The lowest BCUT2D eigenvalue weighted by molar-refractivity contribution is -0.130. The molecule has 0 radical (unpaired) electrons. The molecule has 0 fully saturated rings. The number of carbonyl (C=O) groups is 2. The third kappa shape index (κ3) is 6.25. The van der Waals surface area contributed by atoms with Crippen molar-refractivity contribution in [1.82, 2.24) is 10.9 Å².